The Morgan fingerprint density at radius 1 is 1.21 bits per heavy atom. The van der Waals surface area contributed by atoms with Crippen LogP contribution < -0.4 is 10.6 Å². The van der Waals surface area contributed by atoms with Gasteiger partial charge >= 0.3 is 5.97 Å². The molecule has 1 unspecified atom stereocenters. The van der Waals surface area contributed by atoms with E-state index in [9.17, 15) is 4.79 Å². The van der Waals surface area contributed by atoms with Crippen molar-refractivity contribution in [2.45, 2.75) is 12.5 Å². The molecule has 4 nitrogen and oxygen atoms in total. The second-order valence-corrected chi connectivity index (χ2v) is 4.83. The van der Waals surface area contributed by atoms with Gasteiger partial charge in [-0.05, 0) is 23.4 Å². The number of aliphatic carboxylic acids is 1. The van der Waals surface area contributed by atoms with Gasteiger partial charge in [0.25, 0.3) is 0 Å². The van der Waals surface area contributed by atoms with Crippen LogP contribution in [0.5, 0.6) is 0 Å². The minimum Gasteiger partial charge on any atom is -0.480 e. The zero-order valence-electron chi connectivity index (χ0n) is 11.1. The molecule has 3 N–H and O–H groups in total. The molecular weight excluding hydrogens is 240 g/mol. The summed E-state index contributed by atoms with van der Waals surface area (Å²) in [7, 11) is 3.98. The van der Waals surface area contributed by atoms with Crippen LogP contribution in [0.1, 0.15) is 5.56 Å². The van der Waals surface area contributed by atoms with Gasteiger partial charge in [-0.3, -0.25) is 4.79 Å². The lowest BCUT2D eigenvalue weighted by atomic mass is 9.97. The van der Waals surface area contributed by atoms with Gasteiger partial charge in [0, 0.05) is 25.2 Å². The molecule has 0 aliphatic carbocycles. The molecule has 4 heteroatoms. The number of carbonyl (C=O) groups is 1. The second kappa shape index (κ2) is 5.28. The maximum Gasteiger partial charge on any atom is 0.320 e. The van der Waals surface area contributed by atoms with E-state index in [2.05, 4.69) is 0 Å². The molecular formula is C15H18N2O2. The number of nitrogens with two attached hydrogens (primary N) is 1. The Morgan fingerprint density at radius 2 is 1.84 bits per heavy atom. The summed E-state index contributed by atoms with van der Waals surface area (Å²) in [4.78, 5) is 12.9. The van der Waals surface area contributed by atoms with Crippen molar-refractivity contribution in [3.05, 3.63) is 42.0 Å². The van der Waals surface area contributed by atoms with Crippen molar-refractivity contribution >= 4 is 22.4 Å². The highest BCUT2D eigenvalue weighted by Gasteiger charge is 2.15. The van der Waals surface area contributed by atoms with Gasteiger partial charge in [0.05, 0.1) is 0 Å². The summed E-state index contributed by atoms with van der Waals surface area (Å²) in [6.07, 6.45) is 0.337. The Balaban J connectivity index is 2.52. The highest BCUT2D eigenvalue weighted by atomic mass is 16.4. The lowest BCUT2D eigenvalue weighted by molar-refractivity contribution is -0.138. The molecule has 2 aromatic carbocycles. The first-order chi connectivity index (χ1) is 9.00. The molecule has 2 aromatic rings. The van der Waals surface area contributed by atoms with Crippen LogP contribution in [-0.2, 0) is 11.2 Å². The number of anilines is 1. The predicted octanol–water partition coefficient (Wildman–Crippen LogP) is 1.86. The maximum absolute atomic E-state index is 10.9. The zero-order valence-corrected chi connectivity index (χ0v) is 11.1. The van der Waals surface area contributed by atoms with E-state index in [4.69, 9.17) is 10.8 Å². The Labute approximate surface area is 112 Å². The lowest BCUT2D eigenvalue weighted by Gasteiger charge is -2.18. The third kappa shape index (κ3) is 2.69. The fourth-order valence-corrected chi connectivity index (χ4v) is 2.24. The standard InChI is InChI=1S/C15H18N2O2/c1-17(2)14-8-7-10(9-13(16)15(18)19)11-5-3-4-6-12(11)14/h3-8,13H,9,16H2,1-2H3,(H,18,19). The van der Waals surface area contributed by atoms with E-state index in [0.29, 0.717) is 6.42 Å². The Bertz CT molecular complexity index is 608. The molecule has 0 bridgehead atoms. The van der Waals surface area contributed by atoms with Crippen molar-refractivity contribution < 1.29 is 9.90 Å². The Morgan fingerprint density at radius 3 is 2.42 bits per heavy atom. The molecule has 0 fully saturated rings. The first kappa shape index (κ1) is 13.4. The van der Waals surface area contributed by atoms with Gasteiger partial charge in [-0.2, -0.15) is 0 Å². The fourth-order valence-electron chi connectivity index (χ4n) is 2.24. The van der Waals surface area contributed by atoms with Crippen molar-refractivity contribution in [1.29, 1.82) is 0 Å². The number of carboxylic acids is 1. The van der Waals surface area contributed by atoms with Crippen LogP contribution in [0, 0.1) is 0 Å². The summed E-state index contributed by atoms with van der Waals surface area (Å²) in [5.74, 6) is -0.972. The largest absolute Gasteiger partial charge is 0.480 e. The number of fused-ring (bicyclic) bond motifs is 1. The minimum atomic E-state index is -0.972. The Kier molecular flexibility index (Phi) is 3.71. The number of benzene rings is 2. The van der Waals surface area contributed by atoms with E-state index in [1.54, 1.807) is 0 Å². The topological polar surface area (TPSA) is 66.6 Å². The van der Waals surface area contributed by atoms with Gasteiger partial charge in [-0.25, -0.2) is 0 Å². The Hall–Kier alpha value is -2.07. The summed E-state index contributed by atoms with van der Waals surface area (Å²) in [5.41, 5.74) is 7.71. The van der Waals surface area contributed by atoms with Crippen molar-refractivity contribution in [2.24, 2.45) is 5.73 Å². The molecule has 2 rings (SSSR count). The highest BCUT2D eigenvalue weighted by Crippen LogP contribution is 2.28. The van der Waals surface area contributed by atoms with Crippen molar-refractivity contribution in [1.82, 2.24) is 0 Å². The lowest BCUT2D eigenvalue weighted by Crippen LogP contribution is -2.32. The van der Waals surface area contributed by atoms with Crippen LogP contribution in [0.25, 0.3) is 10.8 Å². The van der Waals surface area contributed by atoms with Crippen molar-refractivity contribution in [2.75, 3.05) is 19.0 Å². The molecule has 0 aliphatic rings. The molecule has 19 heavy (non-hydrogen) atoms. The van der Waals surface area contributed by atoms with E-state index >= 15 is 0 Å². The molecule has 0 amide bonds. The first-order valence-corrected chi connectivity index (χ1v) is 6.17. The van der Waals surface area contributed by atoms with E-state index < -0.39 is 12.0 Å². The summed E-state index contributed by atoms with van der Waals surface area (Å²) in [6.45, 7) is 0. The summed E-state index contributed by atoms with van der Waals surface area (Å²) < 4.78 is 0. The smallest absolute Gasteiger partial charge is 0.320 e. The van der Waals surface area contributed by atoms with E-state index in [1.165, 1.54) is 0 Å². The summed E-state index contributed by atoms with van der Waals surface area (Å²) in [5, 5.41) is 11.1. The van der Waals surface area contributed by atoms with Gasteiger partial charge in [0.2, 0.25) is 0 Å². The highest BCUT2D eigenvalue weighted by molar-refractivity contribution is 5.96. The fraction of sp³-hybridized carbons (Fsp3) is 0.267. The monoisotopic (exact) mass is 258 g/mol. The van der Waals surface area contributed by atoms with Crippen LogP contribution in [0.3, 0.4) is 0 Å². The average Bonchev–Trinajstić information content (AvgIpc) is 2.38. The quantitative estimate of drug-likeness (QED) is 0.878. The number of nitrogens with zero attached hydrogens (tertiary/aromatic N) is 1. The van der Waals surface area contributed by atoms with Crippen molar-refractivity contribution in [3.8, 4) is 0 Å². The molecule has 0 saturated heterocycles. The molecule has 0 radical (unpaired) electrons. The van der Waals surface area contributed by atoms with Crippen molar-refractivity contribution in [3.63, 3.8) is 0 Å². The molecule has 0 saturated carbocycles. The second-order valence-electron chi connectivity index (χ2n) is 4.83. The summed E-state index contributed by atoms with van der Waals surface area (Å²) >= 11 is 0. The molecule has 1 atom stereocenters. The van der Waals surface area contributed by atoms with Gasteiger partial charge in [0.15, 0.2) is 0 Å². The third-order valence-electron chi connectivity index (χ3n) is 3.23. The molecule has 0 aliphatic heterocycles. The van der Waals surface area contributed by atoms with Gasteiger partial charge in [-0.15, -0.1) is 0 Å². The normalized spacial score (nSPS) is 12.4. The van der Waals surface area contributed by atoms with Gasteiger partial charge < -0.3 is 15.7 Å². The SMILES string of the molecule is CN(C)c1ccc(CC(N)C(=O)O)c2ccccc12. The molecule has 0 spiro atoms. The molecule has 100 valence electrons. The maximum atomic E-state index is 10.9. The molecule has 0 heterocycles. The number of rotatable bonds is 4. The van der Waals surface area contributed by atoms with Crippen LogP contribution in [0.2, 0.25) is 0 Å². The van der Waals surface area contributed by atoms with Gasteiger partial charge in [0.1, 0.15) is 6.04 Å². The third-order valence-corrected chi connectivity index (χ3v) is 3.23. The van der Waals surface area contributed by atoms with E-state index in [0.717, 1.165) is 22.0 Å². The van der Waals surface area contributed by atoms with Gasteiger partial charge in [-0.1, -0.05) is 30.3 Å². The van der Waals surface area contributed by atoms with Crippen LogP contribution in [-0.4, -0.2) is 31.2 Å². The van der Waals surface area contributed by atoms with Crippen LogP contribution >= 0.6 is 0 Å². The number of carboxylic acid groups (broad SMARTS) is 1. The minimum absolute atomic E-state index is 0.337. The first-order valence-electron chi connectivity index (χ1n) is 6.17. The van der Waals surface area contributed by atoms with E-state index in [1.807, 2.05) is 55.4 Å². The van der Waals surface area contributed by atoms with E-state index in [-0.39, 0.29) is 0 Å². The average molecular weight is 258 g/mol. The zero-order chi connectivity index (χ0) is 14.0. The predicted molar refractivity (Wildman–Crippen MR) is 77.6 cm³/mol. The van der Waals surface area contributed by atoms with Crippen LogP contribution in [0.15, 0.2) is 36.4 Å². The molecule has 0 aromatic heterocycles. The van der Waals surface area contributed by atoms with Crippen LogP contribution in [0.4, 0.5) is 5.69 Å². The summed E-state index contributed by atoms with van der Waals surface area (Å²) in [6, 6.07) is 11.1. The number of hydrogen-bond donors (Lipinski definition) is 2. The number of hydrogen-bond acceptors (Lipinski definition) is 3.